The van der Waals surface area contributed by atoms with Gasteiger partial charge in [-0.15, -0.1) is 0 Å². The molecule has 1 aromatic rings. The average molecular weight is 248 g/mol. The number of nitrogens with zero attached hydrogens (tertiary/aromatic N) is 1. The second-order valence-electron chi connectivity index (χ2n) is 5.41. The van der Waals surface area contributed by atoms with Gasteiger partial charge in [-0.2, -0.15) is 0 Å². The van der Waals surface area contributed by atoms with Crippen LogP contribution in [0.2, 0.25) is 0 Å². The van der Waals surface area contributed by atoms with E-state index >= 15 is 0 Å². The molecule has 2 rings (SSSR count). The molecule has 1 aliphatic rings. The van der Waals surface area contributed by atoms with Crippen molar-refractivity contribution in [1.29, 1.82) is 0 Å². The summed E-state index contributed by atoms with van der Waals surface area (Å²) in [6.45, 7) is 6.34. The number of pyridine rings is 1. The third-order valence-corrected chi connectivity index (χ3v) is 3.91. The van der Waals surface area contributed by atoms with E-state index in [2.05, 4.69) is 30.2 Å². The Morgan fingerprint density at radius 3 is 3.17 bits per heavy atom. The molecule has 1 fully saturated rings. The minimum absolute atomic E-state index is 0.0736. The highest BCUT2D eigenvalue weighted by molar-refractivity contribution is 5.08. The number of nitrogens with one attached hydrogen (secondary N) is 1. The molecule has 2 unspecified atom stereocenters. The van der Waals surface area contributed by atoms with Crippen molar-refractivity contribution in [1.82, 2.24) is 10.3 Å². The van der Waals surface area contributed by atoms with Crippen molar-refractivity contribution >= 4 is 0 Å². The molecule has 0 radical (unpaired) electrons. The molecule has 1 aliphatic heterocycles. The highest BCUT2D eigenvalue weighted by Crippen LogP contribution is 2.27. The Labute approximate surface area is 110 Å². The summed E-state index contributed by atoms with van der Waals surface area (Å²) in [5, 5.41) is 3.65. The Bertz CT molecular complexity index is 355. The van der Waals surface area contributed by atoms with Gasteiger partial charge in [0.15, 0.2) is 0 Å². The minimum atomic E-state index is 0.0736. The molecule has 1 aromatic heterocycles. The molecule has 0 amide bonds. The smallest absolute Gasteiger partial charge is 0.0666 e. The normalized spacial score (nSPS) is 28.2. The maximum absolute atomic E-state index is 5.86. The van der Waals surface area contributed by atoms with Crippen LogP contribution in [0.3, 0.4) is 0 Å². The predicted molar refractivity (Wildman–Crippen MR) is 73.6 cm³/mol. The standard InChI is InChI=1S/C15H24N2O/c1-3-15(2)11-14(7-10-18-15)17-9-6-13-5-4-8-16-12-13/h4-5,8,12,14,17H,3,6-7,9-11H2,1-2H3. The lowest BCUT2D eigenvalue weighted by molar-refractivity contribution is -0.0778. The summed E-state index contributed by atoms with van der Waals surface area (Å²) in [6.07, 6.45) is 8.16. The van der Waals surface area contributed by atoms with Crippen LogP contribution >= 0.6 is 0 Å². The number of hydrogen-bond acceptors (Lipinski definition) is 3. The Hall–Kier alpha value is -0.930. The van der Waals surface area contributed by atoms with E-state index in [1.54, 1.807) is 0 Å². The van der Waals surface area contributed by atoms with Crippen molar-refractivity contribution in [2.75, 3.05) is 13.2 Å². The quantitative estimate of drug-likeness (QED) is 0.869. The molecule has 3 heteroatoms. The third-order valence-electron chi connectivity index (χ3n) is 3.91. The number of rotatable bonds is 5. The molecule has 0 saturated carbocycles. The highest BCUT2D eigenvalue weighted by atomic mass is 16.5. The van der Waals surface area contributed by atoms with Gasteiger partial charge in [0.25, 0.3) is 0 Å². The molecule has 0 aliphatic carbocycles. The molecular formula is C15H24N2O. The summed E-state index contributed by atoms with van der Waals surface area (Å²) < 4.78 is 5.86. The van der Waals surface area contributed by atoms with Gasteiger partial charge in [0.1, 0.15) is 0 Å². The molecule has 3 nitrogen and oxygen atoms in total. The zero-order valence-electron chi connectivity index (χ0n) is 11.5. The fourth-order valence-corrected chi connectivity index (χ4v) is 2.52. The lowest BCUT2D eigenvalue weighted by Gasteiger charge is -2.38. The van der Waals surface area contributed by atoms with Gasteiger partial charge >= 0.3 is 0 Å². The van der Waals surface area contributed by atoms with Crippen molar-refractivity contribution in [3.8, 4) is 0 Å². The SMILES string of the molecule is CCC1(C)CC(NCCc2cccnc2)CCO1. The summed E-state index contributed by atoms with van der Waals surface area (Å²) in [6, 6.07) is 4.73. The topological polar surface area (TPSA) is 34.2 Å². The second kappa shape index (κ2) is 6.30. The van der Waals surface area contributed by atoms with E-state index < -0.39 is 0 Å². The van der Waals surface area contributed by atoms with Gasteiger partial charge in [-0.1, -0.05) is 13.0 Å². The zero-order valence-corrected chi connectivity index (χ0v) is 11.5. The molecule has 2 heterocycles. The fraction of sp³-hybridized carbons (Fsp3) is 0.667. The molecule has 100 valence electrons. The molecule has 0 aromatic carbocycles. The van der Waals surface area contributed by atoms with Gasteiger partial charge in [-0.3, -0.25) is 4.98 Å². The van der Waals surface area contributed by atoms with E-state index in [1.807, 2.05) is 18.5 Å². The van der Waals surface area contributed by atoms with Crippen LogP contribution in [0.5, 0.6) is 0 Å². The van der Waals surface area contributed by atoms with Crippen LogP contribution in [0, 0.1) is 0 Å². The van der Waals surface area contributed by atoms with Crippen LogP contribution in [0.25, 0.3) is 0 Å². The van der Waals surface area contributed by atoms with Crippen LogP contribution in [0.1, 0.15) is 38.7 Å². The van der Waals surface area contributed by atoms with Gasteiger partial charge in [-0.25, -0.2) is 0 Å². The van der Waals surface area contributed by atoms with E-state index in [1.165, 1.54) is 5.56 Å². The molecule has 2 atom stereocenters. The zero-order chi connectivity index (χ0) is 12.8. The van der Waals surface area contributed by atoms with Gasteiger partial charge < -0.3 is 10.1 Å². The average Bonchev–Trinajstić information content (AvgIpc) is 2.40. The molecule has 0 bridgehead atoms. The number of ether oxygens (including phenoxy) is 1. The molecule has 1 saturated heterocycles. The van der Waals surface area contributed by atoms with E-state index in [0.29, 0.717) is 6.04 Å². The lowest BCUT2D eigenvalue weighted by atomic mass is 9.90. The maximum Gasteiger partial charge on any atom is 0.0666 e. The monoisotopic (exact) mass is 248 g/mol. The van der Waals surface area contributed by atoms with Crippen LogP contribution in [-0.2, 0) is 11.2 Å². The molecule has 1 N–H and O–H groups in total. The summed E-state index contributed by atoms with van der Waals surface area (Å²) in [5.74, 6) is 0. The van der Waals surface area contributed by atoms with E-state index in [9.17, 15) is 0 Å². The van der Waals surface area contributed by atoms with Crippen LogP contribution in [0.15, 0.2) is 24.5 Å². The predicted octanol–water partition coefficient (Wildman–Crippen LogP) is 2.56. The molecular weight excluding hydrogens is 224 g/mol. The Morgan fingerprint density at radius 2 is 2.44 bits per heavy atom. The third kappa shape index (κ3) is 3.79. The van der Waals surface area contributed by atoms with E-state index in [0.717, 1.165) is 38.8 Å². The lowest BCUT2D eigenvalue weighted by Crippen LogP contribution is -2.45. The van der Waals surface area contributed by atoms with E-state index in [4.69, 9.17) is 4.74 Å². The fourth-order valence-electron chi connectivity index (χ4n) is 2.52. The van der Waals surface area contributed by atoms with Crippen LogP contribution in [0.4, 0.5) is 0 Å². The minimum Gasteiger partial charge on any atom is -0.375 e. The Morgan fingerprint density at radius 1 is 1.56 bits per heavy atom. The Kier molecular flexibility index (Phi) is 4.72. The number of aromatic nitrogens is 1. The molecule has 18 heavy (non-hydrogen) atoms. The first-order chi connectivity index (χ1) is 8.72. The van der Waals surface area contributed by atoms with Crippen molar-refractivity contribution in [3.63, 3.8) is 0 Å². The Balaban J connectivity index is 1.74. The van der Waals surface area contributed by atoms with Gasteiger partial charge in [0.2, 0.25) is 0 Å². The van der Waals surface area contributed by atoms with Gasteiger partial charge in [0.05, 0.1) is 5.60 Å². The first kappa shape index (κ1) is 13.5. The molecule has 0 spiro atoms. The van der Waals surface area contributed by atoms with Crippen molar-refractivity contribution in [2.24, 2.45) is 0 Å². The second-order valence-corrected chi connectivity index (χ2v) is 5.41. The summed E-state index contributed by atoms with van der Waals surface area (Å²) in [4.78, 5) is 4.14. The van der Waals surface area contributed by atoms with E-state index in [-0.39, 0.29) is 5.60 Å². The summed E-state index contributed by atoms with van der Waals surface area (Å²) >= 11 is 0. The van der Waals surface area contributed by atoms with Crippen LogP contribution in [-0.4, -0.2) is 29.8 Å². The van der Waals surface area contributed by atoms with Crippen LogP contribution < -0.4 is 5.32 Å². The summed E-state index contributed by atoms with van der Waals surface area (Å²) in [5.41, 5.74) is 1.37. The van der Waals surface area contributed by atoms with Gasteiger partial charge in [0, 0.05) is 25.0 Å². The summed E-state index contributed by atoms with van der Waals surface area (Å²) in [7, 11) is 0. The highest BCUT2D eigenvalue weighted by Gasteiger charge is 2.31. The maximum atomic E-state index is 5.86. The van der Waals surface area contributed by atoms with Crippen molar-refractivity contribution in [2.45, 2.75) is 51.2 Å². The van der Waals surface area contributed by atoms with Gasteiger partial charge in [-0.05, 0) is 50.8 Å². The first-order valence-electron chi connectivity index (χ1n) is 6.98. The van der Waals surface area contributed by atoms with Crippen molar-refractivity contribution in [3.05, 3.63) is 30.1 Å². The largest absolute Gasteiger partial charge is 0.375 e. The number of hydrogen-bond donors (Lipinski definition) is 1. The first-order valence-corrected chi connectivity index (χ1v) is 6.98. The van der Waals surface area contributed by atoms with Crippen molar-refractivity contribution < 1.29 is 4.74 Å².